The number of carbonyl (C=O) groups excluding carboxylic acids is 2. The van der Waals surface area contributed by atoms with E-state index in [2.05, 4.69) is 6.92 Å². The largest absolute Gasteiger partial charge is 0.466 e. The van der Waals surface area contributed by atoms with Gasteiger partial charge in [0.1, 0.15) is 0 Å². The lowest BCUT2D eigenvalue weighted by atomic mass is 10.2. The van der Waals surface area contributed by atoms with Crippen LogP contribution < -0.4 is 0 Å². The minimum atomic E-state index is -0.300. The summed E-state index contributed by atoms with van der Waals surface area (Å²) in [4.78, 5) is 21.6. The van der Waals surface area contributed by atoms with E-state index in [1.807, 2.05) is 37.3 Å². The molecule has 1 aromatic rings. The number of carbonyl (C=O) groups is 2. The molecular weight excluding hydrogens is 292 g/mol. The van der Waals surface area contributed by atoms with Crippen LogP contribution in [-0.2, 0) is 19.1 Å². The molecule has 0 amide bonds. The van der Waals surface area contributed by atoms with Crippen molar-refractivity contribution in [3.8, 4) is 0 Å². The maximum atomic E-state index is 10.9. The summed E-state index contributed by atoms with van der Waals surface area (Å²) in [5, 5.41) is 0. The zero-order chi connectivity index (χ0) is 17.3. The summed E-state index contributed by atoms with van der Waals surface area (Å²) in [5.74, 6) is -0.359. The van der Waals surface area contributed by atoms with Crippen molar-refractivity contribution in [2.75, 3.05) is 13.2 Å². The molecule has 1 aromatic carbocycles. The Morgan fingerprint density at radius 2 is 1.61 bits per heavy atom. The predicted octanol–water partition coefficient (Wildman–Crippen LogP) is 4.39. The molecule has 4 nitrogen and oxygen atoms in total. The molecule has 0 aliphatic carbocycles. The average Bonchev–Trinajstić information content (AvgIpc) is 2.55. The molecule has 0 aliphatic rings. The van der Waals surface area contributed by atoms with Gasteiger partial charge < -0.3 is 9.47 Å². The van der Waals surface area contributed by atoms with Crippen molar-refractivity contribution in [1.29, 1.82) is 0 Å². The van der Waals surface area contributed by atoms with Crippen LogP contribution in [0.3, 0.4) is 0 Å². The minimum Gasteiger partial charge on any atom is -0.466 e. The third-order valence-corrected chi connectivity index (χ3v) is 2.79. The molecule has 4 heteroatoms. The standard InChI is InChI=1S/C11H12O2.C8H16O2/c1-2-13-11(12)9-8-10-6-4-3-5-7-10;1-3-5-6-7-8(9)10-4-2/h3-9H,2H2,1H3;3-7H2,1-2H3/b9-8+;. The Morgan fingerprint density at radius 3 is 2.17 bits per heavy atom. The molecule has 0 radical (unpaired) electrons. The highest BCUT2D eigenvalue weighted by molar-refractivity contribution is 5.86. The van der Waals surface area contributed by atoms with Gasteiger partial charge >= 0.3 is 11.9 Å². The van der Waals surface area contributed by atoms with Crippen LogP contribution >= 0.6 is 0 Å². The monoisotopic (exact) mass is 320 g/mol. The van der Waals surface area contributed by atoms with E-state index in [-0.39, 0.29) is 11.9 Å². The molecule has 0 heterocycles. The van der Waals surface area contributed by atoms with Gasteiger partial charge in [0.25, 0.3) is 0 Å². The molecule has 128 valence electrons. The first-order valence-electron chi connectivity index (χ1n) is 8.19. The summed E-state index contributed by atoms with van der Waals surface area (Å²) in [6, 6.07) is 9.63. The Hall–Kier alpha value is -2.10. The van der Waals surface area contributed by atoms with Crippen LogP contribution in [0, 0.1) is 0 Å². The molecule has 1 rings (SSSR count). The van der Waals surface area contributed by atoms with E-state index in [1.54, 1.807) is 13.0 Å². The number of benzene rings is 1. The maximum absolute atomic E-state index is 10.9. The van der Waals surface area contributed by atoms with Crippen molar-refractivity contribution in [2.24, 2.45) is 0 Å². The van der Waals surface area contributed by atoms with Crippen LogP contribution in [0.2, 0.25) is 0 Å². The topological polar surface area (TPSA) is 52.6 Å². The normalized spacial score (nSPS) is 9.87. The Morgan fingerprint density at radius 1 is 0.957 bits per heavy atom. The third-order valence-electron chi connectivity index (χ3n) is 2.79. The molecule has 0 saturated carbocycles. The lowest BCUT2D eigenvalue weighted by molar-refractivity contribution is -0.143. The highest BCUT2D eigenvalue weighted by Gasteiger charge is 1.98. The molecular formula is C19H28O4. The average molecular weight is 320 g/mol. The zero-order valence-corrected chi connectivity index (χ0v) is 14.4. The Bertz CT molecular complexity index is 452. The molecule has 0 aliphatic heterocycles. The van der Waals surface area contributed by atoms with E-state index >= 15 is 0 Å². The van der Waals surface area contributed by atoms with Crippen LogP contribution in [0.25, 0.3) is 6.08 Å². The summed E-state index contributed by atoms with van der Waals surface area (Å²) in [7, 11) is 0. The summed E-state index contributed by atoms with van der Waals surface area (Å²) in [5.41, 5.74) is 0.996. The van der Waals surface area contributed by atoms with Crippen LogP contribution in [-0.4, -0.2) is 25.2 Å². The summed E-state index contributed by atoms with van der Waals surface area (Å²) in [6.45, 7) is 6.65. The molecule has 0 saturated heterocycles. The van der Waals surface area contributed by atoms with E-state index in [4.69, 9.17) is 9.47 Å². The number of esters is 2. The van der Waals surface area contributed by atoms with E-state index in [9.17, 15) is 9.59 Å². The van der Waals surface area contributed by atoms with Crippen LogP contribution in [0.15, 0.2) is 36.4 Å². The van der Waals surface area contributed by atoms with Gasteiger partial charge in [-0.3, -0.25) is 4.79 Å². The molecule has 0 spiro atoms. The van der Waals surface area contributed by atoms with E-state index in [0.717, 1.165) is 24.8 Å². The number of ether oxygens (including phenoxy) is 2. The second-order valence-electron chi connectivity index (χ2n) is 4.76. The third kappa shape index (κ3) is 13.3. The first-order chi connectivity index (χ1) is 11.1. The van der Waals surface area contributed by atoms with E-state index in [0.29, 0.717) is 19.6 Å². The second-order valence-corrected chi connectivity index (χ2v) is 4.76. The van der Waals surface area contributed by atoms with Crippen molar-refractivity contribution in [3.05, 3.63) is 42.0 Å². The highest BCUT2D eigenvalue weighted by Crippen LogP contribution is 2.01. The van der Waals surface area contributed by atoms with Crippen molar-refractivity contribution in [2.45, 2.75) is 46.5 Å². The van der Waals surface area contributed by atoms with Gasteiger partial charge in [0.15, 0.2) is 0 Å². The van der Waals surface area contributed by atoms with E-state index < -0.39 is 0 Å². The number of rotatable bonds is 8. The fraction of sp³-hybridized carbons (Fsp3) is 0.474. The van der Waals surface area contributed by atoms with Gasteiger partial charge in [0, 0.05) is 12.5 Å². The zero-order valence-electron chi connectivity index (χ0n) is 14.4. The summed E-state index contributed by atoms with van der Waals surface area (Å²) in [6.07, 6.45) is 6.99. The lowest BCUT2D eigenvalue weighted by Crippen LogP contribution is -2.02. The first-order valence-corrected chi connectivity index (χ1v) is 8.19. The molecule has 0 unspecified atom stereocenters. The quantitative estimate of drug-likeness (QED) is 0.405. The number of hydrogen-bond donors (Lipinski definition) is 0. The smallest absolute Gasteiger partial charge is 0.330 e. The second kappa shape index (κ2) is 14.8. The van der Waals surface area contributed by atoms with Crippen molar-refractivity contribution >= 4 is 18.0 Å². The van der Waals surface area contributed by atoms with Gasteiger partial charge in [-0.2, -0.15) is 0 Å². The van der Waals surface area contributed by atoms with Crippen LogP contribution in [0.5, 0.6) is 0 Å². The van der Waals surface area contributed by atoms with Gasteiger partial charge in [-0.15, -0.1) is 0 Å². The van der Waals surface area contributed by atoms with Crippen molar-refractivity contribution < 1.29 is 19.1 Å². The molecule has 0 aromatic heterocycles. The highest BCUT2D eigenvalue weighted by atomic mass is 16.5. The van der Waals surface area contributed by atoms with Crippen molar-refractivity contribution in [1.82, 2.24) is 0 Å². The Labute approximate surface area is 139 Å². The molecule has 23 heavy (non-hydrogen) atoms. The van der Waals surface area contributed by atoms with E-state index in [1.165, 1.54) is 6.08 Å². The SMILES string of the molecule is CCCCCC(=O)OCC.CCOC(=O)/C=C/c1ccccc1. The fourth-order valence-electron chi connectivity index (χ4n) is 1.67. The van der Waals surface area contributed by atoms with Gasteiger partial charge in [-0.05, 0) is 31.9 Å². The van der Waals surface area contributed by atoms with Gasteiger partial charge in [0.05, 0.1) is 13.2 Å². The Balaban J connectivity index is 0.000000438. The van der Waals surface area contributed by atoms with Crippen molar-refractivity contribution in [3.63, 3.8) is 0 Å². The van der Waals surface area contributed by atoms with Crippen LogP contribution in [0.1, 0.15) is 52.0 Å². The minimum absolute atomic E-state index is 0.0593. The fourth-order valence-corrected chi connectivity index (χ4v) is 1.67. The lowest BCUT2D eigenvalue weighted by Gasteiger charge is -1.99. The molecule has 0 bridgehead atoms. The molecule has 0 fully saturated rings. The number of unbranched alkanes of at least 4 members (excludes halogenated alkanes) is 2. The molecule has 0 atom stereocenters. The summed E-state index contributed by atoms with van der Waals surface area (Å²) >= 11 is 0. The predicted molar refractivity (Wildman–Crippen MR) is 92.9 cm³/mol. The van der Waals surface area contributed by atoms with Gasteiger partial charge in [-0.1, -0.05) is 50.1 Å². The Kier molecular flexibility index (Phi) is 13.5. The molecule has 0 N–H and O–H groups in total. The van der Waals surface area contributed by atoms with Crippen LogP contribution in [0.4, 0.5) is 0 Å². The first kappa shape index (κ1) is 20.9. The maximum Gasteiger partial charge on any atom is 0.330 e. The van der Waals surface area contributed by atoms with Gasteiger partial charge in [-0.25, -0.2) is 4.79 Å². The number of hydrogen-bond acceptors (Lipinski definition) is 4. The van der Waals surface area contributed by atoms with Gasteiger partial charge in [0.2, 0.25) is 0 Å². The summed E-state index contributed by atoms with van der Waals surface area (Å²) < 4.78 is 9.49.